The van der Waals surface area contributed by atoms with Gasteiger partial charge in [0, 0.05) is 6.54 Å². The summed E-state index contributed by atoms with van der Waals surface area (Å²) in [6.45, 7) is 19.6. The first-order chi connectivity index (χ1) is 21.2. The third-order valence-electron chi connectivity index (χ3n) is 9.22. The number of primary amides is 1. The van der Waals surface area contributed by atoms with Crippen LogP contribution in [0.3, 0.4) is 0 Å². The first-order valence-corrected chi connectivity index (χ1v) is 16.6. The molecule has 12 nitrogen and oxygen atoms in total. The maximum Gasteiger partial charge on any atom is 0.329 e. The van der Waals surface area contributed by atoms with Gasteiger partial charge in [0.05, 0.1) is 12.6 Å². The van der Waals surface area contributed by atoms with E-state index in [9.17, 15) is 28.8 Å². The highest BCUT2D eigenvalue weighted by Crippen LogP contribution is 2.36. The normalized spacial score (nSPS) is 22.0. The molecule has 1 heterocycles. The fraction of sp³-hybridized carbons (Fsp3) is 0.765. The van der Waals surface area contributed by atoms with Crippen molar-refractivity contribution in [1.29, 1.82) is 0 Å². The third-order valence-corrected chi connectivity index (χ3v) is 9.22. The minimum Gasteiger partial charge on any atom is -0.464 e. The summed E-state index contributed by atoms with van der Waals surface area (Å²) in [7, 11) is 0. The summed E-state index contributed by atoms with van der Waals surface area (Å²) in [6, 6.07) is -4.79. The van der Waals surface area contributed by atoms with E-state index >= 15 is 0 Å². The van der Waals surface area contributed by atoms with Gasteiger partial charge in [0.1, 0.15) is 18.1 Å². The van der Waals surface area contributed by atoms with Gasteiger partial charge in [-0.3, -0.25) is 19.2 Å². The fourth-order valence-electron chi connectivity index (χ4n) is 5.74. The van der Waals surface area contributed by atoms with E-state index in [2.05, 4.69) is 22.5 Å². The summed E-state index contributed by atoms with van der Waals surface area (Å²) in [5, 5.41) is 8.23. The number of nitrogens with zero attached hydrogens (tertiary/aromatic N) is 1. The second kappa shape index (κ2) is 14.5. The van der Waals surface area contributed by atoms with Gasteiger partial charge in [0.15, 0.2) is 0 Å². The Balaban J connectivity index is 1.83. The van der Waals surface area contributed by atoms with Gasteiger partial charge in [-0.15, -0.1) is 0 Å². The Labute approximate surface area is 273 Å². The summed E-state index contributed by atoms with van der Waals surface area (Å²) in [5.74, 6) is -3.08. The standard InChI is InChI=1S/C34H55N5O7/c1-18(2)19(3)22-15-24(29(42)36-23(14-20-10-11-20)25(40)28(35)41)39(16-22)30(43)26(33(4,5)6)37-32(45)38-27(34(7,8)9)31(44)46-17-21-12-13-21/h18,20-24,26-27H,3,10-17H2,1-2,4-9H3,(H2,35,41)(H,36,42)(H2,37,38,45)/t22-,23?,24+,26-,27-/m1/s1. The molecular weight excluding hydrogens is 590 g/mol. The molecule has 0 spiro atoms. The van der Waals surface area contributed by atoms with Crippen molar-refractivity contribution < 1.29 is 33.5 Å². The number of hydrogen-bond acceptors (Lipinski definition) is 7. The van der Waals surface area contributed by atoms with Crippen LogP contribution in [0.15, 0.2) is 12.2 Å². The molecule has 0 radical (unpaired) electrons. The van der Waals surface area contributed by atoms with Gasteiger partial charge in [-0.1, -0.05) is 80.4 Å². The molecule has 0 aromatic rings. The topological polar surface area (TPSA) is 177 Å². The number of carbonyl (C=O) groups is 6. The molecule has 0 bridgehead atoms. The van der Waals surface area contributed by atoms with Crippen LogP contribution in [-0.4, -0.2) is 77.7 Å². The minimum absolute atomic E-state index is 0.0964. The summed E-state index contributed by atoms with van der Waals surface area (Å²) in [5.41, 5.74) is 4.71. The van der Waals surface area contributed by atoms with Gasteiger partial charge in [0.25, 0.3) is 5.91 Å². The van der Waals surface area contributed by atoms with Crippen molar-refractivity contribution in [3.8, 4) is 0 Å². The molecule has 12 heteroatoms. The average Bonchev–Trinajstić information content (AvgIpc) is 3.88. The average molecular weight is 646 g/mol. The molecule has 5 atom stereocenters. The zero-order valence-corrected chi connectivity index (χ0v) is 28.9. The summed E-state index contributed by atoms with van der Waals surface area (Å²) in [4.78, 5) is 80.3. The zero-order valence-electron chi connectivity index (χ0n) is 28.9. The Hall–Kier alpha value is -3.44. The number of ether oxygens (including phenoxy) is 1. The van der Waals surface area contributed by atoms with Crippen LogP contribution in [0, 0.1) is 34.5 Å². The number of esters is 1. The molecule has 0 aromatic carbocycles. The van der Waals surface area contributed by atoms with E-state index in [-0.39, 0.29) is 30.7 Å². The number of amides is 5. The summed E-state index contributed by atoms with van der Waals surface area (Å²) >= 11 is 0. The molecule has 258 valence electrons. The van der Waals surface area contributed by atoms with Gasteiger partial charge in [-0.25, -0.2) is 9.59 Å². The van der Waals surface area contributed by atoms with Crippen molar-refractivity contribution in [3.05, 3.63) is 12.2 Å². The molecule has 3 fully saturated rings. The fourth-order valence-corrected chi connectivity index (χ4v) is 5.74. The van der Waals surface area contributed by atoms with E-state index in [0.717, 1.165) is 31.3 Å². The van der Waals surface area contributed by atoms with Gasteiger partial charge in [-0.05, 0) is 60.2 Å². The highest BCUT2D eigenvalue weighted by atomic mass is 16.5. The Kier molecular flexibility index (Phi) is 11.7. The van der Waals surface area contributed by atoms with E-state index < -0.39 is 70.5 Å². The molecule has 1 aliphatic heterocycles. The van der Waals surface area contributed by atoms with Crippen molar-refractivity contribution in [1.82, 2.24) is 20.9 Å². The number of rotatable bonds is 14. The van der Waals surface area contributed by atoms with Crippen molar-refractivity contribution in [2.45, 2.75) is 118 Å². The van der Waals surface area contributed by atoms with E-state index in [4.69, 9.17) is 10.5 Å². The Morgan fingerprint density at radius 2 is 1.41 bits per heavy atom. The number of Topliss-reactive ketones (excluding diaryl/α,β-unsaturated/α-hetero) is 1. The van der Waals surface area contributed by atoms with E-state index in [0.29, 0.717) is 18.9 Å². The molecule has 1 saturated heterocycles. The maximum absolute atomic E-state index is 14.3. The molecule has 2 aliphatic carbocycles. The van der Waals surface area contributed by atoms with Crippen LogP contribution in [0.1, 0.15) is 93.9 Å². The van der Waals surface area contributed by atoms with Crippen molar-refractivity contribution in [2.24, 2.45) is 40.2 Å². The van der Waals surface area contributed by atoms with E-state index in [1.807, 2.05) is 34.6 Å². The summed E-state index contributed by atoms with van der Waals surface area (Å²) in [6.07, 6.45) is 4.41. The van der Waals surface area contributed by atoms with Crippen LogP contribution in [0.4, 0.5) is 4.79 Å². The van der Waals surface area contributed by atoms with Crippen molar-refractivity contribution in [2.75, 3.05) is 13.2 Å². The number of carbonyl (C=O) groups excluding carboxylic acids is 6. The van der Waals surface area contributed by atoms with Gasteiger partial charge < -0.3 is 31.3 Å². The van der Waals surface area contributed by atoms with Crippen LogP contribution < -0.4 is 21.7 Å². The molecule has 5 N–H and O–H groups in total. The van der Waals surface area contributed by atoms with Gasteiger partial charge >= 0.3 is 12.0 Å². The smallest absolute Gasteiger partial charge is 0.329 e. The quantitative estimate of drug-likeness (QED) is 0.128. The number of likely N-dealkylation sites (tertiary alicyclic amines) is 1. The predicted octanol–water partition coefficient (Wildman–Crippen LogP) is 2.84. The van der Waals surface area contributed by atoms with Gasteiger partial charge in [-0.2, -0.15) is 0 Å². The number of nitrogens with one attached hydrogen (secondary N) is 3. The second-order valence-electron chi connectivity index (χ2n) is 15.9. The maximum atomic E-state index is 14.3. The lowest BCUT2D eigenvalue weighted by atomic mass is 9.85. The predicted molar refractivity (Wildman–Crippen MR) is 173 cm³/mol. The first-order valence-electron chi connectivity index (χ1n) is 16.6. The minimum atomic E-state index is -1.12. The lowest BCUT2D eigenvalue weighted by molar-refractivity contribution is -0.149. The molecule has 3 aliphatic rings. The van der Waals surface area contributed by atoms with Crippen LogP contribution in [0.2, 0.25) is 0 Å². The van der Waals surface area contributed by atoms with Crippen molar-refractivity contribution >= 4 is 35.5 Å². The molecule has 0 aromatic heterocycles. The Morgan fingerprint density at radius 1 is 0.870 bits per heavy atom. The molecule has 1 unspecified atom stereocenters. The Morgan fingerprint density at radius 3 is 1.89 bits per heavy atom. The second-order valence-corrected chi connectivity index (χ2v) is 15.9. The monoisotopic (exact) mass is 645 g/mol. The third kappa shape index (κ3) is 10.0. The van der Waals surface area contributed by atoms with Crippen LogP contribution in [0.25, 0.3) is 0 Å². The largest absolute Gasteiger partial charge is 0.464 e. The molecular formula is C34H55N5O7. The molecule has 5 amide bonds. The van der Waals surface area contributed by atoms with Gasteiger partial charge in [0.2, 0.25) is 17.6 Å². The summed E-state index contributed by atoms with van der Waals surface area (Å²) < 4.78 is 5.48. The molecule has 3 rings (SSSR count). The highest BCUT2D eigenvalue weighted by Gasteiger charge is 2.47. The number of urea groups is 1. The highest BCUT2D eigenvalue weighted by molar-refractivity contribution is 6.37. The lowest BCUT2D eigenvalue weighted by Gasteiger charge is -2.36. The molecule has 46 heavy (non-hydrogen) atoms. The zero-order chi connectivity index (χ0) is 34.7. The first kappa shape index (κ1) is 37.0. The lowest BCUT2D eigenvalue weighted by Crippen LogP contribution is -2.61. The number of nitrogens with two attached hydrogens (primary N) is 1. The number of hydrogen-bond donors (Lipinski definition) is 4. The number of ketones is 1. The van der Waals surface area contributed by atoms with Crippen molar-refractivity contribution in [3.63, 3.8) is 0 Å². The SMILES string of the molecule is C=C(C(C)C)[C@@H]1C[C@@H](C(=O)NC(CC2CC2)C(=O)C(N)=O)N(C(=O)[C@@H](NC(=O)N[C@H](C(=O)OCC2CC2)C(C)(C)C)C(C)(C)C)C1. The van der Waals surface area contributed by atoms with Crippen LogP contribution >= 0.6 is 0 Å². The van der Waals surface area contributed by atoms with Crippen LogP contribution in [0.5, 0.6) is 0 Å². The van der Waals surface area contributed by atoms with E-state index in [1.165, 1.54) is 4.90 Å². The van der Waals surface area contributed by atoms with E-state index in [1.54, 1.807) is 20.8 Å². The molecule has 2 saturated carbocycles. The Bertz CT molecular complexity index is 1210. The van der Waals surface area contributed by atoms with Crippen LogP contribution in [-0.2, 0) is 28.7 Å².